The lowest BCUT2D eigenvalue weighted by Crippen LogP contribution is -2.41. The maximum Gasteiger partial charge on any atom is 0.244 e. The normalized spacial score (nSPS) is 18.1. The molecule has 0 radical (unpaired) electrons. The summed E-state index contributed by atoms with van der Waals surface area (Å²) in [5, 5.41) is 13.3. The lowest BCUT2D eigenvalue weighted by atomic mass is 9.97. The highest BCUT2D eigenvalue weighted by Crippen LogP contribution is 2.26. The molecule has 2 aromatic heterocycles. The van der Waals surface area contributed by atoms with Crippen LogP contribution in [0.5, 0.6) is 0 Å². The Morgan fingerprint density at radius 1 is 1.40 bits per heavy atom. The van der Waals surface area contributed by atoms with Crippen LogP contribution in [0.25, 0.3) is 0 Å². The number of amides is 1. The van der Waals surface area contributed by atoms with E-state index < -0.39 is 0 Å². The molecule has 3 rings (SSSR count). The Hall–Kier alpha value is -1.93. The summed E-state index contributed by atoms with van der Waals surface area (Å²) < 4.78 is 3.64. The monoisotopic (exact) mass is 365 g/mol. The first-order valence-corrected chi connectivity index (χ1v) is 8.80. The van der Waals surface area contributed by atoms with E-state index in [1.165, 1.54) is 0 Å². The molecule has 0 bridgehead atoms. The Bertz CT molecular complexity index is 739. The van der Waals surface area contributed by atoms with Crippen LogP contribution in [-0.2, 0) is 24.9 Å². The van der Waals surface area contributed by atoms with E-state index in [2.05, 4.69) is 24.8 Å². The molecule has 25 heavy (non-hydrogen) atoms. The van der Waals surface area contributed by atoms with Crippen molar-refractivity contribution in [3.63, 3.8) is 0 Å². The SMILES string of the molecule is CN(C)Cc1nnc([C@@H]2CCCN(C(=O)Cn3cc(Cl)cn3)C2)n1C. The first kappa shape index (κ1) is 17.9. The van der Waals surface area contributed by atoms with Gasteiger partial charge in [0.15, 0.2) is 0 Å². The number of hydrogen-bond donors (Lipinski definition) is 0. The van der Waals surface area contributed by atoms with Crippen molar-refractivity contribution >= 4 is 17.5 Å². The van der Waals surface area contributed by atoms with Crippen molar-refractivity contribution in [1.29, 1.82) is 0 Å². The molecule has 136 valence electrons. The zero-order valence-corrected chi connectivity index (χ0v) is 15.6. The average Bonchev–Trinajstić information content (AvgIpc) is 3.13. The van der Waals surface area contributed by atoms with Gasteiger partial charge in [-0.3, -0.25) is 9.48 Å². The Balaban J connectivity index is 1.66. The third-order valence-electron chi connectivity index (χ3n) is 4.49. The third kappa shape index (κ3) is 4.19. The predicted molar refractivity (Wildman–Crippen MR) is 94.2 cm³/mol. The van der Waals surface area contributed by atoms with Gasteiger partial charge in [-0.25, -0.2) is 0 Å². The predicted octanol–water partition coefficient (Wildman–Crippen LogP) is 1.13. The van der Waals surface area contributed by atoms with Gasteiger partial charge in [0.2, 0.25) is 5.91 Å². The van der Waals surface area contributed by atoms with Crippen molar-refractivity contribution in [3.05, 3.63) is 29.1 Å². The van der Waals surface area contributed by atoms with Crippen molar-refractivity contribution in [2.24, 2.45) is 7.05 Å². The summed E-state index contributed by atoms with van der Waals surface area (Å²) in [5.74, 6) is 2.17. The van der Waals surface area contributed by atoms with Crippen LogP contribution in [0.2, 0.25) is 5.02 Å². The van der Waals surface area contributed by atoms with Gasteiger partial charge in [0.25, 0.3) is 0 Å². The van der Waals surface area contributed by atoms with Crippen molar-refractivity contribution < 1.29 is 4.79 Å². The molecule has 0 spiro atoms. The molecule has 0 aromatic carbocycles. The number of nitrogens with zero attached hydrogens (tertiary/aromatic N) is 7. The van der Waals surface area contributed by atoms with E-state index in [4.69, 9.17) is 11.6 Å². The number of hydrogen-bond acceptors (Lipinski definition) is 5. The van der Waals surface area contributed by atoms with Crippen LogP contribution in [0.1, 0.15) is 30.4 Å². The zero-order chi connectivity index (χ0) is 18.0. The van der Waals surface area contributed by atoms with Crippen LogP contribution in [0.4, 0.5) is 0 Å². The number of rotatable bonds is 5. The van der Waals surface area contributed by atoms with Crippen LogP contribution < -0.4 is 0 Å². The van der Waals surface area contributed by atoms with E-state index in [0.29, 0.717) is 11.6 Å². The number of halogens is 1. The Morgan fingerprint density at radius 2 is 2.20 bits per heavy atom. The number of piperidine rings is 1. The van der Waals surface area contributed by atoms with Crippen LogP contribution >= 0.6 is 11.6 Å². The molecule has 0 saturated carbocycles. The maximum atomic E-state index is 12.6. The standard InChI is InChI=1S/C16H24ClN7O/c1-21(2)10-14-19-20-16(22(14)3)12-5-4-6-23(8-12)15(25)11-24-9-13(17)7-18-24/h7,9,12H,4-6,8,10-11H2,1-3H3/t12-/m1/s1. The van der Waals surface area contributed by atoms with E-state index in [-0.39, 0.29) is 18.4 Å². The maximum absolute atomic E-state index is 12.6. The summed E-state index contributed by atoms with van der Waals surface area (Å²) >= 11 is 5.86. The smallest absolute Gasteiger partial charge is 0.244 e. The number of carbonyl (C=O) groups is 1. The Kier molecular flexibility index (Phi) is 5.39. The minimum Gasteiger partial charge on any atom is -0.340 e. The number of aromatic nitrogens is 5. The molecule has 0 N–H and O–H groups in total. The van der Waals surface area contributed by atoms with Gasteiger partial charge in [-0.05, 0) is 26.9 Å². The summed E-state index contributed by atoms with van der Waals surface area (Å²) in [5.41, 5.74) is 0. The summed E-state index contributed by atoms with van der Waals surface area (Å²) in [6.45, 7) is 2.40. The highest BCUT2D eigenvalue weighted by Gasteiger charge is 2.28. The van der Waals surface area contributed by atoms with Crippen LogP contribution in [0, 0.1) is 0 Å². The summed E-state index contributed by atoms with van der Waals surface area (Å²) in [6, 6.07) is 0. The molecule has 1 saturated heterocycles. The molecule has 1 aliphatic heterocycles. The van der Waals surface area contributed by atoms with Gasteiger partial charge in [0.05, 0.1) is 17.8 Å². The van der Waals surface area contributed by atoms with Crippen molar-refractivity contribution in [3.8, 4) is 0 Å². The van der Waals surface area contributed by atoms with E-state index in [1.54, 1.807) is 17.1 Å². The van der Waals surface area contributed by atoms with Crippen molar-refractivity contribution in [1.82, 2.24) is 34.3 Å². The molecule has 1 atom stereocenters. The molecule has 9 heteroatoms. The van der Waals surface area contributed by atoms with Gasteiger partial charge in [-0.15, -0.1) is 10.2 Å². The molecule has 0 aliphatic carbocycles. The number of likely N-dealkylation sites (tertiary alicyclic amines) is 1. The van der Waals surface area contributed by atoms with Gasteiger partial charge >= 0.3 is 0 Å². The zero-order valence-electron chi connectivity index (χ0n) is 14.9. The molecular formula is C16H24ClN7O. The molecule has 8 nitrogen and oxygen atoms in total. The van der Waals surface area contributed by atoms with Gasteiger partial charge < -0.3 is 14.4 Å². The van der Waals surface area contributed by atoms with E-state index in [1.807, 2.05) is 26.0 Å². The second-order valence-electron chi connectivity index (χ2n) is 6.81. The first-order chi connectivity index (χ1) is 11.9. The second-order valence-corrected chi connectivity index (χ2v) is 7.24. The molecule has 2 aromatic rings. The molecular weight excluding hydrogens is 342 g/mol. The van der Waals surface area contributed by atoms with Gasteiger partial charge in [0.1, 0.15) is 18.2 Å². The largest absolute Gasteiger partial charge is 0.340 e. The van der Waals surface area contributed by atoms with Crippen molar-refractivity contribution in [2.45, 2.75) is 31.8 Å². The quantitative estimate of drug-likeness (QED) is 0.794. The van der Waals surface area contributed by atoms with E-state index in [0.717, 1.165) is 37.6 Å². The summed E-state index contributed by atoms with van der Waals surface area (Å²) in [6.07, 6.45) is 5.19. The minimum absolute atomic E-state index is 0.0557. The summed E-state index contributed by atoms with van der Waals surface area (Å²) in [4.78, 5) is 16.5. The molecule has 3 heterocycles. The molecule has 1 amide bonds. The van der Waals surface area contributed by atoms with Gasteiger partial charge in [0, 0.05) is 32.3 Å². The van der Waals surface area contributed by atoms with E-state index >= 15 is 0 Å². The molecule has 1 aliphatic rings. The molecule has 0 unspecified atom stereocenters. The van der Waals surface area contributed by atoms with Gasteiger partial charge in [-0.1, -0.05) is 11.6 Å². The Morgan fingerprint density at radius 3 is 2.88 bits per heavy atom. The van der Waals surface area contributed by atoms with Crippen molar-refractivity contribution in [2.75, 3.05) is 27.2 Å². The Labute approximate surface area is 152 Å². The van der Waals surface area contributed by atoms with Gasteiger partial charge in [-0.2, -0.15) is 5.10 Å². The average molecular weight is 366 g/mol. The second kappa shape index (κ2) is 7.53. The first-order valence-electron chi connectivity index (χ1n) is 8.42. The minimum atomic E-state index is 0.0557. The van der Waals surface area contributed by atoms with Crippen LogP contribution in [-0.4, -0.2) is 67.4 Å². The van der Waals surface area contributed by atoms with E-state index in [9.17, 15) is 4.79 Å². The lowest BCUT2D eigenvalue weighted by molar-refractivity contribution is -0.133. The van der Waals surface area contributed by atoms with Crippen LogP contribution in [0.15, 0.2) is 12.4 Å². The fourth-order valence-corrected chi connectivity index (χ4v) is 3.39. The fraction of sp³-hybridized carbons (Fsp3) is 0.625. The highest BCUT2D eigenvalue weighted by molar-refractivity contribution is 6.30. The van der Waals surface area contributed by atoms with Crippen LogP contribution in [0.3, 0.4) is 0 Å². The topological polar surface area (TPSA) is 72.1 Å². The fourth-order valence-electron chi connectivity index (χ4n) is 3.23. The lowest BCUT2D eigenvalue weighted by Gasteiger charge is -2.32. The number of carbonyl (C=O) groups excluding carboxylic acids is 1. The summed E-state index contributed by atoms with van der Waals surface area (Å²) in [7, 11) is 6.02. The third-order valence-corrected chi connectivity index (χ3v) is 4.69. The highest BCUT2D eigenvalue weighted by atomic mass is 35.5. The molecule has 1 fully saturated rings.